The second-order valence-electron chi connectivity index (χ2n) is 6.26. The molecule has 26 heavy (non-hydrogen) atoms. The third-order valence-corrected chi connectivity index (χ3v) is 4.25. The summed E-state index contributed by atoms with van der Waals surface area (Å²) >= 11 is 0. The molecule has 1 aliphatic carbocycles. The molecule has 1 aromatic carbocycles. The number of aliphatic carboxylic acids is 1. The van der Waals surface area contributed by atoms with Gasteiger partial charge in [0.1, 0.15) is 6.04 Å². The molecule has 1 atom stereocenters. The molecule has 0 radical (unpaired) electrons. The number of non-ortho nitro benzene ring substituents is 1. The number of allylic oxidation sites excluding steroid dienone is 1. The van der Waals surface area contributed by atoms with Gasteiger partial charge in [0.25, 0.3) is 5.69 Å². The van der Waals surface area contributed by atoms with Gasteiger partial charge < -0.3 is 15.7 Å². The summed E-state index contributed by atoms with van der Waals surface area (Å²) in [7, 11) is 0. The van der Waals surface area contributed by atoms with Crippen molar-refractivity contribution in [3.05, 3.63) is 46.0 Å². The minimum absolute atomic E-state index is 0.142. The van der Waals surface area contributed by atoms with Crippen molar-refractivity contribution in [3.8, 4) is 0 Å². The van der Waals surface area contributed by atoms with Crippen LogP contribution in [-0.2, 0) is 9.59 Å². The zero-order valence-electron chi connectivity index (χ0n) is 14.4. The molecule has 8 heteroatoms. The van der Waals surface area contributed by atoms with Crippen LogP contribution in [-0.4, -0.2) is 34.5 Å². The van der Waals surface area contributed by atoms with Crippen molar-refractivity contribution >= 4 is 23.3 Å². The first-order valence-electron chi connectivity index (χ1n) is 8.64. The van der Waals surface area contributed by atoms with E-state index in [4.69, 9.17) is 0 Å². The summed E-state index contributed by atoms with van der Waals surface area (Å²) < 4.78 is 0. The smallest absolute Gasteiger partial charge is 0.321 e. The van der Waals surface area contributed by atoms with Crippen LogP contribution in [0.25, 0.3) is 0 Å². The molecule has 0 fully saturated rings. The monoisotopic (exact) mass is 361 g/mol. The maximum Gasteiger partial charge on any atom is 0.321 e. The summed E-state index contributed by atoms with van der Waals surface area (Å²) in [5, 5.41) is 25.5. The van der Waals surface area contributed by atoms with Crippen molar-refractivity contribution in [3.63, 3.8) is 0 Å². The van der Waals surface area contributed by atoms with Gasteiger partial charge in [-0.3, -0.25) is 19.7 Å². The number of nitro groups is 1. The molecule has 0 aromatic heterocycles. The van der Waals surface area contributed by atoms with E-state index in [1.807, 2.05) is 0 Å². The van der Waals surface area contributed by atoms with Gasteiger partial charge in [0.15, 0.2) is 0 Å². The molecule has 1 amide bonds. The summed E-state index contributed by atoms with van der Waals surface area (Å²) in [4.78, 5) is 33.6. The first-order valence-corrected chi connectivity index (χ1v) is 8.64. The van der Waals surface area contributed by atoms with Gasteiger partial charge in [0.2, 0.25) is 5.91 Å². The molecule has 0 saturated heterocycles. The minimum atomic E-state index is -1.10. The highest BCUT2D eigenvalue weighted by Gasteiger charge is 2.21. The topological polar surface area (TPSA) is 122 Å². The number of carboxylic acid groups (broad SMARTS) is 1. The van der Waals surface area contributed by atoms with E-state index in [1.54, 1.807) is 0 Å². The molecule has 1 aliphatic rings. The lowest BCUT2D eigenvalue weighted by Crippen LogP contribution is -2.40. The average molecular weight is 361 g/mol. The number of anilines is 1. The maximum absolute atomic E-state index is 12.1. The molecule has 0 heterocycles. The van der Waals surface area contributed by atoms with Crippen molar-refractivity contribution in [2.24, 2.45) is 0 Å². The fraction of sp³-hybridized carbons (Fsp3) is 0.444. The Labute approximate surface area is 151 Å². The molecule has 1 aromatic rings. The molecular formula is C18H23N3O5. The van der Waals surface area contributed by atoms with Crippen molar-refractivity contribution in [2.45, 2.75) is 44.6 Å². The fourth-order valence-corrected chi connectivity index (χ4v) is 2.88. The zero-order chi connectivity index (χ0) is 18.9. The van der Waals surface area contributed by atoms with E-state index in [-0.39, 0.29) is 17.8 Å². The van der Waals surface area contributed by atoms with Gasteiger partial charge in [-0.2, -0.15) is 0 Å². The van der Waals surface area contributed by atoms with Crippen LogP contribution >= 0.6 is 0 Å². The van der Waals surface area contributed by atoms with Gasteiger partial charge in [-0.15, -0.1) is 0 Å². The number of carbonyl (C=O) groups excluding carboxylic acids is 1. The first kappa shape index (κ1) is 19.6. The standard InChI is InChI=1S/C18H23N3O5/c22-17(20-14-7-4-8-15(11-14)21(25)26)12-16(18(23)24)19-10-9-13-5-2-1-3-6-13/h4-5,7-8,11,16,19H,1-3,6,9-10,12H2,(H,20,22)(H,23,24). The highest BCUT2D eigenvalue weighted by atomic mass is 16.6. The first-order chi connectivity index (χ1) is 12.5. The molecule has 0 saturated carbocycles. The third-order valence-electron chi connectivity index (χ3n) is 4.25. The molecule has 140 valence electrons. The third kappa shape index (κ3) is 6.29. The largest absolute Gasteiger partial charge is 0.480 e. The summed E-state index contributed by atoms with van der Waals surface area (Å²) in [5.41, 5.74) is 1.45. The Morgan fingerprint density at radius 3 is 2.77 bits per heavy atom. The second kappa shape index (κ2) is 9.67. The van der Waals surface area contributed by atoms with E-state index in [0.717, 1.165) is 19.3 Å². The van der Waals surface area contributed by atoms with E-state index in [2.05, 4.69) is 16.7 Å². The quantitative estimate of drug-likeness (QED) is 0.353. The SMILES string of the molecule is O=C(CC(NCCC1=CCCCC1)C(=O)O)Nc1cccc([N+](=O)[O-])c1. The number of carbonyl (C=O) groups is 2. The number of rotatable bonds is 9. The lowest BCUT2D eigenvalue weighted by atomic mass is 9.97. The van der Waals surface area contributed by atoms with Gasteiger partial charge in [-0.1, -0.05) is 17.7 Å². The summed E-state index contributed by atoms with van der Waals surface area (Å²) in [6.07, 6.45) is 7.21. The molecule has 1 unspecified atom stereocenters. The van der Waals surface area contributed by atoms with Crippen LogP contribution in [0.5, 0.6) is 0 Å². The van der Waals surface area contributed by atoms with Gasteiger partial charge in [0.05, 0.1) is 11.3 Å². The van der Waals surface area contributed by atoms with Crippen LogP contribution in [0.3, 0.4) is 0 Å². The lowest BCUT2D eigenvalue weighted by Gasteiger charge is -2.16. The zero-order valence-corrected chi connectivity index (χ0v) is 14.4. The van der Waals surface area contributed by atoms with Crippen LogP contribution in [0.2, 0.25) is 0 Å². The Balaban J connectivity index is 1.85. The number of nitro benzene ring substituents is 1. The molecule has 0 aliphatic heterocycles. The summed E-state index contributed by atoms with van der Waals surface area (Å²) in [6, 6.07) is 4.52. The Hall–Kier alpha value is -2.74. The number of nitrogens with zero attached hydrogens (tertiary/aromatic N) is 1. The van der Waals surface area contributed by atoms with Gasteiger partial charge in [-0.25, -0.2) is 0 Å². The predicted molar refractivity (Wildman–Crippen MR) is 96.9 cm³/mol. The Bertz CT molecular complexity index is 702. The molecule has 0 bridgehead atoms. The lowest BCUT2D eigenvalue weighted by molar-refractivity contribution is -0.384. The average Bonchev–Trinajstić information content (AvgIpc) is 2.61. The highest BCUT2D eigenvalue weighted by Crippen LogP contribution is 2.20. The normalized spacial score (nSPS) is 15.0. The number of benzene rings is 1. The van der Waals surface area contributed by atoms with Crippen LogP contribution < -0.4 is 10.6 Å². The maximum atomic E-state index is 12.1. The van der Waals surface area contributed by atoms with E-state index in [1.165, 1.54) is 42.7 Å². The number of hydrogen-bond acceptors (Lipinski definition) is 5. The van der Waals surface area contributed by atoms with Crippen molar-refractivity contribution in [1.82, 2.24) is 5.32 Å². The van der Waals surface area contributed by atoms with Crippen molar-refractivity contribution in [1.29, 1.82) is 0 Å². The second-order valence-corrected chi connectivity index (χ2v) is 6.26. The number of carboxylic acids is 1. The number of hydrogen-bond donors (Lipinski definition) is 3. The van der Waals surface area contributed by atoms with E-state index in [9.17, 15) is 24.8 Å². The van der Waals surface area contributed by atoms with Crippen molar-refractivity contribution in [2.75, 3.05) is 11.9 Å². The van der Waals surface area contributed by atoms with E-state index < -0.39 is 22.8 Å². The van der Waals surface area contributed by atoms with Crippen LogP contribution in [0.1, 0.15) is 38.5 Å². The van der Waals surface area contributed by atoms with E-state index >= 15 is 0 Å². The Kier molecular flexibility index (Phi) is 7.28. The van der Waals surface area contributed by atoms with Crippen LogP contribution in [0.4, 0.5) is 11.4 Å². The Morgan fingerprint density at radius 2 is 2.12 bits per heavy atom. The number of amides is 1. The Morgan fingerprint density at radius 1 is 1.31 bits per heavy atom. The highest BCUT2D eigenvalue weighted by molar-refractivity contribution is 5.94. The van der Waals surface area contributed by atoms with Crippen LogP contribution in [0, 0.1) is 10.1 Å². The fourth-order valence-electron chi connectivity index (χ4n) is 2.88. The molecule has 3 N–H and O–H groups in total. The minimum Gasteiger partial charge on any atom is -0.480 e. The summed E-state index contributed by atoms with van der Waals surface area (Å²) in [6.45, 7) is 0.493. The molecule has 8 nitrogen and oxygen atoms in total. The molecule has 2 rings (SSSR count). The molecule has 0 spiro atoms. The van der Waals surface area contributed by atoms with Gasteiger partial charge in [-0.05, 0) is 44.7 Å². The van der Waals surface area contributed by atoms with Crippen molar-refractivity contribution < 1.29 is 19.6 Å². The molecular weight excluding hydrogens is 338 g/mol. The summed E-state index contributed by atoms with van der Waals surface area (Å²) in [5.74, 6) is -1.61. The van der Waals surface area contributed by atoms with Gasteiger partial charge >= 0.3 is 5.97 Å². The predicted octanol–water partition coefficient (Wildman–Crippen LogP) is 2.86. The van der Waals surface area contributed by atoms with Crippen LogP contribution in [0.15, 0.2) is 35.9 Å². The van der Waals surface area contributed by atoms with E-state index in [0.29, 0.717) is 6.54 Å². The number of nitrogens with one attached hydrogen (secondary N) is 2. The van der Waals surface area contributed by atoms with Gasteiger partial charge in [0, 0.05) is 17.8 Å².